The Morgan fingerprint density at radius 1 is 0.921 bits per heavy atom. The summed E-state index contributed by atoms with van der Waals surface area (Å²) in [6, 6.07) is 27.5. The third-order valence-corrected chi connectivity index (χ3v) is 10.4. The van der Waals surface area contributed by atoms with E-state index in [1.54, 1.807) is 6.07 Å². The Morgan fingerprint density at radius 3 is 2.55 bits per heavy atom. The number of fused-ring (bicyclic) bond motifs is 4. The van der Waals surface area contributed by atoms with E-state index < -0.39 is 10.0 Å². The Hall–Kier alpha value is -3.42. The van der Waals surface area contributed by atoms with Gasteiger partial charge in [0.25, 0.3) is 10.0 Å². The fourth-order valence-corrected chi connectivity index (χ4v) is 7.49. The van der Waals surface area contributed by atoms with Crippen LogP contribution in [0.3, 0.4) is 0 Å². The molecule has 192 valence electrons. The van der Waals surface area contributed by atoms with Gasteiger partial charge >= 0.3 is 0 Å². The molecule has 7 heteroatoms. The van der Waals surface area contributed by atoms with Crippen LogP contribution < -0.4 is 14.8 Å². The third-order valence-electron chi connectivity index (χ3n) is 7.83. The van der Waals surface area contributed by atoms with Gasteiger partial charge in [0, 0.05) is 28.5 Å². The molecule has 4 aromatic rings. The van der Waals surface area contributed by atoms with Crippen molar-refractivity contribution in [2.45, 2.75) is 29.4 Å². The molecule has 0 saturated carbocycles. The van der Waals surface area contributed by atoms with Crippen molar-refractivity contribution in [1.29, 1.82) is 0 Å². The highest BCUT2D eigenvalue weighted by Crippen LogP contribution is 2.50. The molecule has 0 amide bonds. The summed E-state index contributed by atoms with van der Waals surface area (Å²) >= 11 is 1.91. The molecule has 3 aliphatic rings. The third kappa shape index (κ3) is 4.24. The summed E-state index contributed by atoms with van der Waals surface area (Å²) in [7, 11) is -3.76. The molecular weight excluding hydrogens is 512 g/mol. The number of hydrogen-bond donors (Lipinski definition) is 2. The van der Waals surface area contributed by atoms with Gasteiger partial charge in [-0.05, 0) is 65.3 Å². The van der Waals surface area contributed by atoms with Crippen molar-refractivity contribution in [3.8, 4) is 5.75 Å². The van der Waals surface area contributed by atoms with E-state index in [1.165, 1.54) is 5.56 Å². The first-order valence-electron chi connectivity index (χ1n) is 13.0. The van der Waals surface area contributed by atoms with E-state index in [2.05, 4.69) is 46.5 Å². The van der Waals surface area contributed by atoms with E-state index in [4.69, 9.17) is 4.74 Å². The fraction of sp³-hybridized carbons (Fsp3) is 0.226. The van der Waals surface area contributed by atoms with Crippen LogP contribution in [0.2, 0.25) is 0 Å². The standard InChI is InChI=1S/C31H28N2O3S2/c34-38(35,33-30-10-3-6-20-5-1-2-7-25(20)30)24-15-16-29-28(17-24)26-8-4-9-27(26)31(32-29)21-11-13-22(14-12-21)36-23-18-37-19-23/h1-8,10-17,23,26-27,31-33H,9,18-19H2/t26-,27+,31+/m0/s1. The summed E-state index contributed by atoms with van der Waals surface area (Å²) in [6.45, 7) is 0. The summed E-state index contributed by atoms with van der Waals surface area (Å²) in [5.41, 5.74) is 3.82. The van der Waals surface area contributed by atoms with Gasteiger partial charge in [-0.15, -0.1) is 0 Å². The summed E-state index contributed by atoms with van der Waals surface area (Å²) in [6.07, 6.45) is 5.73. The molecule has 0 unspecified atom stereocenters. The van der Waals surface area contributed by atoms with Gasteiger partial charge in [-0.2, -0.15) is 11.8 Å². The second-order valence-electron chi connectivity index (χ2n) is 10.2. The smallest absolute Gasteiger partial charge is 0.261 e. The largest absolute Gasteiger partial charge is 0.489 e. The molecule has 0 radical (unpaired) electrons. The molecule has 5 nitrogen and oxygen atoms in total. The van der Waals surface area contributed by atoms with Crippen LogP contribution in [0.25, 0.3) is 10.8 Å². The average molecular weight is 541 g/mol. The molecule has 7 rings (SSSR count). The van der Waals surface area contributed by atoms with Crippen LogP contribution in [0.5, 0.6) is 5.75 Å². The minimum absolute atomic E-state index is 0.145. The molecule has 3 atom stereocenters. The number of hydrogen-bond acceptors (Lipinski definition) is 5. The van der Waals surface area contributed by atoms with Crippen molar-refractivity contribution >= 4 is 43.9 Å². The maximum atomic E-state index is 13.5. The van der Waals surface area contributed by atoms with Gasteiger partial charge in [0.05, 0.1) is 16.6 Å². The van der Waals surface area contributed by atoms with E-state index in [9.17, 15) is 8.42 Å². The Balaban J connectivity index is 1.17. The van der Waals surface area contributed by atoms with E-state index in [1.807, 2.05) is 66.4 Å². The highest BCUT2D eigenvalue weighted by Gasteiger charge is 2.38. The zero-order valence-corrected chi connectivity index (χ0v) is 22.3. The van der Waals surface area contributed by atoms with Crippen LogP contribution in [0.1, 0.15) is 29.5 Å². The number of thioether (sulfide) groups is 1. The quantitative estimate of drug-likeness (QED) is 0.259. The lowest BCUT2D eigenvalue weighted by Crippen LogP contribution is -2.31. The molecule has 0 bridgehead atoms. The monoisotopic (exact) mass is 540 g/mol. The number of sulfonamides is 1. The Morgan fingerprint density at radius 2 is 1.74 bits per heavy atom. The fourth-order valence-electron chi connectivity index (χ4n) is 5.82. The molecule has 1 aliphatic carbocycles. The molecule has 2 N–H and O–H groups in total. The van der Waals surface area contributed by atoms with E-state index in [0.717, 1.165) is 45.7 Å². The van der Waals surface area contributed by atoms with Gasteiger partial charge in [0.1, 0.15) is 11.9 Å². The first-order valence-corrected chi connectivity index (χ1v) is 15.6. The number of ether oxygens (including phenoxy) is 1. The summed E-state index contributed by atoms with van der Waals surface area (Å²) in [5.74, 6) is 3.53. The normalized spacial score (nSPS) is 22.3. The number of nitrogens with one attached hydrogen (secondary N) is 2. The van der Waals surface area contributed by atoms with Crippen LogP contribution in [0.15, 0.2) is 102 Å². The van der Waals surface area contributed by atoms with Crippen LogP contribution in [-0.4, -0.2) is 26.0 Å². The zero-order valence-electron chi connectivity index (χ0n) is 20.7. The van der Waals surface area contributed by atoms with Crippen molar-refractivity contribution in [2.24, 2.45) is 5.92 Å². The van der Waals surface area contributed by atoms with Crippen molar-refractivity contribution in [2.75, 3.05) is 21.5 Å². The lowest BCUT2D eigenvalue weighted by molar-refractivity contribution is 0.240. The Labute approximate surface area is 227 Å². The first kappa shape index (κ1) is 23.7. The van der Waals surface area contributed by atoms with Gasteiger partial charge in [-0.1, -0.05) is 60.7 Å². The topological polar surface area (TPSA) is 67.4 Å². The Kier molecular flexibility index (Phi) is 5.86. The van der Waals surface area contributed by atoms with Crippen LogP contribution >= 0.6 is 11.8 Å². The number of anilines is 2. The maximum absolute atomic E-state index is 13.5. The first-order chi connectivity index (χ1) is 18.5. The van der Waals surface area contributed by atoms with Crippen molar-refractivity contribution in [3.63, 3.8) is 0 Å². The molecule has 2 aliphatic heterocycles. The lowest BCUT2D eigenvalue weighted by Gasteiger charge is -2.38. The highest BCUT2D eigenvalue weighted by atomic mass is 32.2. The highest BCUT2D eigenvalue weighted by molar-refractivity contribution is 8.00. The number of allylic oxidation sites excluding steroid dienone is 2. The summed E-state index contributed by atoms with van der Waals surface area (Å²) in [4.78, 5) is 0.277. The van der Waals surface area contributed by atoms with Crippen molar-refractivity contribution < 1.29 is 13.2 Å². The van der Waals surface area contributed by atoms with Crippen LogP contribution in [0.4, 0.5) is 11.4 Å². The number of benzene rings is 4. The second kappa shape index (κ2) is 9.40. The lowest BCUT2D eigenvalue weighted by atomic mass is 9.77. The van der Waals surface area contributed by atoms with Crippen molar-refractivity contribution in [1.82, 2.24) is 0 Å². The molecule has 0 aromatic heterocycles. The van der Waals surface area contributed by atoms with E-state index in [0.29, 0.717) is 17.7 Å². The molecular formula is C31H28N2O3S2. The van der Waals surface area contributed by atoms with Gasteiger partial charge in [0.2, 0.25) is 0 Å². The summed E-state index contributed by atoms with van der Waals surface area (Å²) in [5, 5.41) is 5.59. The van der Waals surface area contributed by atoms with E-state index in [-0.39, 0.29) is 16.9 Å². The van der Waals surface area contributed by atoms with Gasteiger partial charge in [0.15, 0.2) is 0 Å². The SMILES string of the molecule is O=S(=O)(Nc1cccc2ccccc12)c1ccc2c(c1)[C@H]1C=CC[C@H]1[C@@H](c1ccc(OC3CSC3)cc1)N2. The zero-order chi connectivity index (χ0) is 25.7. The van der Waals surface area contributed by atoms with Gasteiger partial charge in [-0.25, -0.2) is 8.42 Å². The van der Waals surface area contributed by atoms with Crippen LogP contribution in [0, 0.1) is 5.92 Å². The summed E-state index contributed by atoms with van der Waals surface area (Å²) < 4.78 is 35.8. The molecule has 2 heterocycles. The predicted octanol–water partition coefficient (Wildman–Crippen LogP) is 6.96. The number of rotatable bonds is 6. The minimum atomic E-state index is -3.76. The van der Waals surface area contributed by atoms with Crippen molar-refractivity contribution in [3.05, 3.63) is 108 Å². The van der Waals surface area contributed by atoms with Gasteiger partial charge < -0.3 is 10.1 Å². The molecule has 4 aromatic carbocycles. The van der Waals surface area contributed by atoms with E-state index >= 15 is 0 Å². The predicted molar refractivity (Wildman–Crippen MR) is 156 cm³/mol. The minimum Gasteiger partial charge on any atom is -0.489 e. The Bertz CT molecular complexity index is 1640. The van der Waals surface area contributed by atoms with Crippen LogP contribution in [-0.2, 0) is 10.0 Å². The second-order valence-corrected chi connectivity index (χ2v) is 13.0. The van der Waals surface area contributed by atoms with Gasteiger partial charge in [-0.3, -0.25) is 4.72 Å². The molecule has 0 spiro atoms. The maximum Gasteiger partial charge on any atom is 0.261 e. The average Bonchev–Trinajstić information content (AvgIpc) is 3.41. The molecule has 1 fully saturated rings. The molecule has 38 heavy (non-hydrogen) atoms. The molecule has 1 saturated heterocycles.